The average molecular weight is 748 g/mol. The van der Waals surface area contributed by atoms with Gasteiger partial charge in [-0.2, -0.15) is 0 Å². The predicted molar refractivity (Wildman–Crippen MR) is 224 cm³/mol. The summed E-state index contributed by atoms with van der Waals surface area (Å²) in [7, 11) is 4.09. The molecule has 53 heavy (non-hydrogen) atoms. The minimum Gasteiger partial charge on any atom is -0.493 e. The van der Waals surface area contributed by atoms with Crippen LogP contribution < -0.4 is 9.47 Å². The zero-order valence-corrected chi connectivity index (χ0v) is 34.5. The Bertz CT molecular complexity index is 899. The summed E-state index contributed by atoms with van der Waals surface area (Å²) < 4.78 is 23.1. The van der Waals surface area contributed by atoms with E-state index in [1.54, 1.807) is 0 Å². The molecular weight excluding hydrogens is 663 g/mol. The number of rotatable bonds is 38. The first-order valence-corrected chi connectivity index (χ1v) is 21.8. The number of carbonyl (C=O) groups is 2. The van der Waals surface area contributed by atoms with Gasteiger partial charge in [-0.25, -0.2) is 0 Å². The van der Waals surface area contributed by atoms with Crippen LogP contribution in [0.4, 0.5) is 0 Å². The second-order valence-corrected chi connectivity index (χ2v) is 15.2. The molecule has 0 heterocycles. The van der Waals surface area contributed by atoms with Crippen LogP contribution in [-0.4, -0.2) is 57.4 Å². The van der Waals surface area contributed by atoms with Gasteiger partial charge in [0.2, 0.25) is 0 Å². The minimum absolute atomic E-state index is 0. The fraction of sp³-hybridized carbons (Fsp3) is 0.826. The summed E-state index contributed by atoms with van der Waals surface area (Å²) in [6, 6.07) is 6.07. The van der Waals surface area contributed by atoms with Crippen molar-refractivity contribution >= 4 is 11.9 Å². The summed E-state index contributed by atoms with van der Waals surface area (Å²) in [5, 5.41) is 0. The van der Waals surface area contributed by atoms with Crippen LogP contribution >= 0.6 is 0 Å². The SMILES string of the molecule is C.CCCCCCCCCCCCCC(=O)OCCCCOc1cc(CN(C)C)cc(OCCCCOC(=O)CCCCCCCCCCCCC)c1. The molecule has 0 spiro atoms. The molecule has 1 aromatic rings. The van der Waals surface area contributed by atoms with Crippen LogP contribution in [0.1, 0.15) is 207 Å². The molecule has 0 unspecified atom stereocenters. The molecule has 0 aromatic heterocycles. The molecule has 0 aliphatic carbocycles. The van der Waals surface area contributed by atoms with Gasteiger partial charge in [-0.15, -0.1) is 0 Å². The van der Waals surface area contributed by atoms with E-state index in [2.05, 4.69) is 30.9 Å². The van der Waals surface area contributed by atoms with Gasteiger partial charge < -0.3 is 23.8 Å². The van der Waals surface area contributed by atoms with Crippen LogP contribution in [0, 0.1) is 0 Å². The van der Waals surface area contributed by atoms with Gasteiger partial charge in [0.15, 0.2) is 0 Å². The topological polar surface area (TPSA) is 74.3 Å². The molecule has 0 radical (unpaired) electrons. The van der Waals surface area contributed by atoms with E-state index in [-0.39, 0.29) is 19.4 Å². The highest BCUT2D eigenvalue weighted by Crippen LogP contribution is 2.24. The molecule has 0 N–H and O–H groups in total. The lowest BCUT2D eigenvalue weighted by atomic mass is 10.1. The third-order valence-corrected chi connectivity index (χ3v) is 9.55. The number of hydrogen-bond acceptors (Lipinski definition) is 7. The van der Waals surface area contributed by atoms with Crippen molar-refractivity contribution in [2.45, 2.75) is 208 Å². The second kappa shape index (κ2) is 38.0. The van der Waals surface area contributed by atoms with Gasteiger partial charge in [0.05, 0.1) is 26.4 Å². The van der Waals surface area contributed by atoms with Crippen molar-refractivity contribution in [1.82, 2.24) is 4.90 Å². The lowest BCUT2D eigenvalue weighted by Crippen LogP contribution is -2.11. The van der Waals surface area contributed by atoms with Crippen LogP contribution in [-0.2, 0) is 25.6 Å². The fourth-order valence-electron chi connectivity index (χ4n) is 6.43. The summed E-state index contributed by atoms with van der Waals surface area (Å²) in [5.74, 6) is 1.43. The summed E-state index contributed by atoms with van der Waals surface area (Å²) in [6.07, 6.45) is 32.4. The lowest BCUT2D eigenvalue weighted by Gasteiger charge is -2.15. The monoisotopic (exact) mass is 748 g/mol. The third-order valence-electron chi connectivity index (χ3n) is 9.55. The molecule has 0 atom stereocenters. The Balaban J connectivity index is 0.0000270. The number of esters is 2. The normalized spacial score (nSPS) is 11.0. The molecule has 1 rings (SSSR count). The van der Waals surface area contributed by atoms with Gasteiger partial charge in [-0.05, 0) is 70.3 Å². The molecule has 0 saturated heterocycles. The standard InChI is InChI=1S/C45H81NO6.CH4/c1-5-7-9-11-13-15-17-19-21-23-25-31-44(47)51-35-29-27-33-49-42-37-41(40-46(3)4)38-43(39-42)50-34-28-30-36-52-45(48)32-26-24-22-20-18-16-14-12-10-8-6-2;/h37-39H,5-36,40H2,1-4H3;1H4. The van der Waals surface area contributed by atoms with Gasteiger partial charge in [0.1, 0.15) is 11.5 Å². The van der Waals surface area contributed by atoms with E-state index >= 15 is 0 Å². The molecule has 0 aliphatic heterocycles. The number of hydrogen-bond donors (Lipinski definition) is 0. The molecule has 0 bridgehead atoms. The lowest BCUT2D eigenvalue weighted by molar-refractivity contribution is -0.144. The highest BCUT2D eigenvalue weighted by molar-refractivity contribution is 5.69. The molecule has 7 heteroatoms. The minimum atomic E-state index is -0.0761. The van der Waals surface area contributed by atoms with Crippen LogP contribution in [0.15, 0.2) is 18.2 Å². The summed E-state index contributed by atoms with van der Waals surface area (Å²) in [5.41, 5.74) is 1.13. The van der Waals surface area contributed by atoms with Crippen molar-refractivity contribution in [2.24, 2.45) is 0 Å². The Morgan fingerprint density at radius 2 is 0.774 bits per heavy atom. The van der Waals surface area contributed by atoms with E-state index in [4.69, 9.17) is 18.9 Å². The Hall–Kier alpha value is -2.28. The number of carbonyl (C=O) groups excluding carboxylic acids is 2. The average Bonchev–Trinajstić information content (AvgIpc) is 3.12. The predicted octanol–water partition coefficient (Wildman–Crippen LogP) is 13.2. The first-order valence-electron chi connectivity index (χ1n) is 21.8. The number of benzene rings is 1. The number of unbranched alkanes of at least 4 members (excludes halogenated alkanes) is 22. The Morgan fingerprint density at radius 3 is 1.11 bits per heavy atom. The van der Waals surface area contributed by atoms with Gasteiger partial charge in [0, 0.05) is 25.5 Å². The molecule has 7 nitrogen and oxygen atoms in total. The molecule has 1 aromatic carbocycles. The van der Waals surface area contributed by atoms with Crippen LogP contribution in [0.25, 0.3) is 0 Å². The second-order valence-electron chi connectivity index (χ2n) is 15.2. The first kappa shape index (κ1) is 50.7. The maximum Gasteiger partial charge on any atom is 0.305 e. The van der Waals surface area contributed by atoms with Crippen molar-refractivity contribution in [1.29, 1.82) is 0 Å². The van der Waals surface area contributed by atoms with Crippen molar-refractivity contribution < 1.29 is 28.5 Å². The Labute approximate surface area is 328 Å². The largest absolute Gasteiger partial charge is 0.493 e. The quantitative estimate of drug-likeness (QED) is 0.0492. The molecule has 310 valence electrons. The first-order chi connectivity index (χ1) is 25.4. The van der Waals surface area contributed by atoms with E-state index in [1.165, 1.54) is 116 Å². The zero-order chi connectivity index (χ0) is 37.7. The van der Waals surface area contributed by atoms with E-state index in [0.29, 0.717) is 39.3 Å². The van der Waals surface area contributed by atoms with E-state index in [0.717, 1.165) is 75.0 Å². The number of ether oxygens (including phenoxy) is 4. The molecule has 0 saturated carbocycles. The van der Waals surface area contributed by atoms with Crippen LogP contribution in [0.5, 0.6) is 11.5 Å². The van der Waals surface area contributed by atoms with Crippen LogP contribution in [0.2, 0.25) is 0 Å². The van der Waals surface area contributed by atoms with Crippen molar-refractivity contribution in [3.63, 3.8) is 0 Å². The van der Waals surface area contributed by atoms with E-state index in [9.17, 15) is 9.59 Å². The highest BCUT2D eigenvalue weighted by Gasteiger charge is 2.07. The zero-order valence-electron chi connectivity index (χ0n) is 34.5. The summed E-state index contributed by atoms with van der Waals surface area (Å²) in [4.78, 5) is 26.3. The van der Waals surface area contributed by atoms with E-state index < -0.39 is 0 Å². The van der Waals surface area contributed by atoms with Crippen molar-refractivity contribution in [3.8, 4) is 11.5 Å². The maximum absolute atomic E-state index is 12.1. The summed E-state index contributed by atoms with van der Waals surface area (Å²) >= 11 is 0. The summed E-state index contributed by atoms with van der Waals surface area (Å²) in [6.45, 7) is 7.33. The van der Waals surface area contributed by atoms with Gasteiger partial charge in [-0.3, -0.25) is 9.59 Å². The number of nitrogens with zero attached hydrogens (tertiary/aromatic N) is 1. The Morgan fingerprint density at radius 1 is 0.453 bits per heavy atom. The van der Waals surface area contributed by atoms with Gasteiger partial charge in [0.25, 0.3) is 0 Å². The van der Waals surface area contributed by atoms with Crippen molar-refractivity contribution in [2.75, 3.05) is 40.5 Å². The van der Waals surface area contributed by atoms with E-state index in [1.807, 2.05) is 20.2 Å². The van der Waals surface area contributed by atoms with Crippen molar-refractivity contribution in [3.05, 3.63) is 23.8 Å². The van der Waals surface area contributed by atoms with Gasteiger partial charge >= 0.3 is 11.9 Å². The fourth-order valence-corrected chi connectivity index (χ4v) is 6.43. The van der Waals surface area contributed by atoms with Gasteiger partial charge in [-0.1, -0.05) is 150 Å². The molecular formula is C46H85NO6. The molecule has 0 aliphatic rings. The highest BCUT2D eigenvalue weighted by atomic mass is 16.5. The van der Waals surface area contributed by atoms with Crippen LogP contribution in [0.3, 0.4) is 0 Å². The maximum atomic E-state index is 12.1. The third kappa shape index (κ3) is 34.0. The molecule has 0 fully saturated rings. The Kier molecular flexibility index (Phi) is 36.4. The molecule has 0 amide bonds. The smallest absolute Gasteiger partial charge is 0.305 e.